The molecule has 33 heavy (non-hydrogen) atoms. The molecule has 0 heterocycles. The van der Waals surface area contributed by atoms with Crippen LogP contribution in [0.3, 0.4) is 0 Å². The van der Waals surface area contributed by atoms with Crippen LogP contribution >= 0.6 is 6.83 Å². The minimum absolute atomic E-state index is 0.237. The second-order valence-electron chi connectivity index (χ2n) is 7.83. The maximum atomic E-state index is 12.6. The van der Waals surface area contributed by atoms with E-state index in [-0.39, 0.29) is 6.16 Å². The van der Waals surface area contributed by atoms with E-state index in [0.29, 0.717) is 15.9 Å². The molecule has 0 aliphatic rings. The Labute approximate surface area is 195 Å². The van der Waals surface area contributed by atoms with Gasteiger partial charge in [-0.3, -0.25) is 0 Å². The molecule has 4 aromatic rings. The fourth-order valence-corrected chi connectivity index (χ4v) is 12.1. The summed E-state index contributed by atoms with van der Waals surface area (Å²) in [5, 5.41) is 2.10. The minimum atomic E-state index is -4.88. The van der Waals surface area contributed by atoms with Crippen molar-refractivity contribution in [1.82, 2.24) is 0 Å². The Hall–Kier alpha value is -3.08. The summed E-state index contributed by atoms with van der Waals surface area (Å²) < 4.78 is 41.5. The van der Waals surface area contributed by atoms with E-state index in [1.807, 2.05) is 115 Å². The molecule has 4 rings (SSSR count). The Bertz CT molecular complexity index is 1240. The third-order valence-electron chi connectivity index (χ3n) is 5.87. The van der Waals surface area contributed by atoms with E-state index in [2.05, 4.69) is 6.58 Å². The molecule has 0 saturated heterocycles. The first kappa shape index (κ1) is 23.1. The molecule has 6 heteroatoms. The van der Waals surface area contributed by atoms with Crippen LogP contribution in [-0.4, -0.2) is 13.0 Å². The van der Waals surface area contributed by atoms with Crippen molar-refractivity contribution in [3.63, 3.8) is 0 Å². The topological polar surface area (TPSA) is 63.6 Å². The third kappa shape index (κ3) is 4.29. The summed E-state index contributed by atoms with van der Waals surface area (Å²) in [5.41, 5.74) is 1.83. The van der Waals surface area contributed by atoms with Crippen LogP contribution in [0.4, 0.5) is 0 Å². The Morgan fingerprint density at radius 3 is 1.42 bits per heavy atom. The molecular weight excluding hydrogens is 451 g/mol. The van der Waals surface area contributed by atoms with Crippen LogP contribution in [0.25, 0.3) is 6.08 Å². The number of benzene rings is 4. The molecule has 4 nitrogen and oxygen atoms in total. The van der Waals surface area contributed by atoms with Gasteiger partial charge in [-0.2, -0.15) is 0 Å². The zero-order chi connectivity index (χ0) is 23.4. The maximum absolute atomic E-state index is 12.6. The number of rotatable bonds is 8. The number of hydrogen-bond donors (Lipinski definition) is 1. The fraction of sp³-hybridized carbons (Fsp3) is 0.0370. The first-order valence-corrected chi connectivity index (χ1v) is 14.2. The van der Waals surface area contributed by atoms with E-state index in [4.69, 9.17) is 3.97 Å². The zero-order valence-electron chi connectivity index (χ0n) is 18.0. The van der Waals surface area contributed by atoms with E-state index in [9.17, 15) is 13.0 Å². The van der Waals surface area contributed by atoms with Crippen molar-refractivity contribution >= 4 is 39.2 Å². The molecule has 0 aromatic heterocycles. The Morgan fingerprint density at radius 2 is 1.09 bits per heavy atom. The molecule has 0 aliphatic carbocycles. The van der Waals surface area contributed by atoms with Gasteiger partial charge in [0, 0.05) is 0 Å². The van der Waals surface area contributed by atoms with Crippen LogP contribution in [-0.2, 0) is 20.5 Å². The summed E-state index contributed by atoms with van der Waals surface area (Å²) >= 11 is 0. The molecule has 0 aliphatic heterocycles. The zero-order valence-corrected chi connectivity index (χ0v) is 19.7. The molecule has 1 N–H and O–H groups in total. The SMILES string of the molecule is C=Cc1ccc(CP(OS(=O)(=O)O)(c2ccccc2)(c2ccccc2)c2ccccc2)cc1. The molecule has 0 bridgehead atoms. The van der Waals surface area contributed by atoms with Crippen molar-refractivity contribution in [3.05, 3.63) is 133 Å². The van der Waals surface area contributed by atoms with Gasteiger partial charge >= 0.3 is 195 Å². The van der Waals surface area contributed by atoms with Gasteiger partial charge in [-0.15, -0.1) is 0 Å². The van der Waals surface area contributed by atoms with E-state index < -0.39 is 17.2 Å². The second kappa shape index (κ2) is 9.05. The molecular formula is C27H25O4PS. The Morgan fingerprint density at radius 1 is 0.697 bits per heavy atom. The van der Waals surface area contributed by atoms with Gasteiger partial charge in [0.15, 0.2) is 0 Å². The normalized spacial score (nSPS) is 13.1. The summed E-state index contributed by atoms with van der Waals surface area (Å²) in [6.45, 7) is -0.457. The molecule has 0 atom stereocenters. The standard InChI is InChI=1S/C27H25O4PS/c1-2-23-18-20-24(21-19-23)22-32(31-33(28,29)30,25-12-6-3-7-13-25,26-14-8-4-9-15-26)27-16-10-5-11-17-27/h2-21H,1,22H2,(H,28,29,30). The number of hydrogen-bond acceptors (Lipinski definition) is 3. The van der Waals surface area contributed by atoms with Crippen molar-refractivity contribution < 1.29 is 16.9 Å². The van der Waals surface area contributed by atoms with Gasteiger partial charge in [0.05, 0.1) is 0 Å². The van der Waals surface area contributed by atoms with E-state index in [0.717, 1.165) is 11.1 Å². The van der Waals surface area contributed by atoms with Crippen molar-refractivity contribution in [2.24, 2.45) is 0 Å². The van der Waals surface area contributed by atoms with Crippen LogP contribution in [0.5, 0.6) is 0 Å². The van der Waals surface area contributed by atoms with Crippen LogP contribution < -0.4 is 15.9 Å². The molecule has 0 spiro atoms. The summed E-state index contributed by atoms with van der Waals surface area (Å²) in [6.07, 6.45) is 1.99. The van der Waals surface area contributed by atoms with E-state index in [1.54, 1.807) is 6.08 Å². The average molecular weight is 477 g/mol. The van der Waals surface area contributed by atoms with Gasteiger partial charge in [0.2, 0.25) is 0 Å². The van der Waals surface area contributed by atoms with Crippen molar-refractivity contribution in [3.8, 4) is 0 Å². The molecule has 0 fully saturated rings. The third-order valence-corrected chi connectivity index (χ3v) is 13.1. The summed E-state index contributed by atoms with van der Waals surface area (Å²) in [4.78, 5) is 0. The first-order chi connectivity index (χ1) is 15.9. The molecule has 0 amide bonds. The van der Waals surface area contributed by atoms with Crippen LogP contribution in [0, 0.1) is 0 Å². The molecule has 4 aromatic carbocycles. The van der Waals surface area contributed by atoms with Gasteiger partial charge in [0.1, 0.15) is 0 Å². The predicted octanol–water partition coefficient (Wildman–Crippen LogP) is 5.09. The average Bonchev–Trinajstić information content (AvgIpc) is 2.85. The van der Waals surface area contributed by atoms with Gasteiger partial charge < -0.3 is 0 Å². The van der Waals surface area contributed by atoms with Crippen molar-refractivity contribution in [1.29, 1.82) is 0 Å². The molecule has 168 valence electrons. The summed E-state index contributed by atoms with van der Waals surface area (Å²) in [7, 11) is -4.88. The molecule has 0 unspecified atom stereocenters. The van der Waals surface area contributed by atoms with Gasteiger partial charge in [0.25, 0.3) is 0 Å². The van der Waals surface area contributed by atoms with Crippen LogP contribution in [0.2, 0.25) is 0 Å². The first-order valence-electron chi connectivity index (χ1n) is 10.5. The van der Waals surface area contributed by atoms with Crippen molar-refractivity contribution in [2.75, 3.05) is 0 Å². The van der Waals surface area contributed by atoms with E-state index in [1.165, 1.54) is 0 Å². The summed E-state index contributed by atoms with van der Waals surface area (Å²) in [5.74, 6) is 0. The fourth-order valence-electron chi connectivity index (χ4n) is 4.42. The quantitative estimate of drug-likeness (QED) is 0.284. The molecule has 0 saturated carbocycles. The van der Waals surface area contributed by atoms with Crippen LogP contribution in [0.15, 0.2) is 122 Å². The molecule has 0 radical (unpaired) electrons. The van der Waals surface area contributed by atoms with Gasteiger partial charge in [-0.25, -0.2) is 0 Å². The van der Waals surface area contributed by atoms with Crippen LogP contribution in [0.1, 0.15) is 11.1 Å². The Kier molecular flexibility index (Phi) is 6.33. The van der Waals surface area contributed by atoms with E-state index >= 15 is 0 Å². The predicted molar refractivity (Wildman–Crippen MR) is 138 cm³/mol. The summed E-state index contributed by atoms with van der Waals surface area (Å²) in [6, 6.07) is 35.8. The monoisotopic (exact) mass is 476 g/mol. The van der Waals surface area contributed by atoms with Crippen molar-refractivity contribution in [2.45, 2.75) is 6.16 Å². The second-order valence-corrected chi connectivity index (χ2v) is 13.6. The van der Waals surface area contributed by atoms with Gasteiger partial charge in [-0.05, 0) is 0 Å². The van der Waals surface area contributed by atoms with Gasteiger partial charge in [-0.1, -0.05) is 0 Å². The Balaban J connectivity index is 2.19.